The highest BCUT2D eigenvalue weighted by atomic mass is 19.4. The third-order valence-corrected chi connectivity index (χ3v) is 5.16. The van der Waals surface area contributed by atoms with E-state index < -0.39 is 28.9 Å². The van der Waals surface area contributed by atoms with Gasteiger partial charge in [0.25, 0.3) is 11.5 Å². The number of hydrogen-bond donors (Lipinski definition) is 2. The molecule has 1 aromatic carbocycles. The molecular formula is C22H12F3N9O2. The first kappa shape index (κ1) is 22.5. The summed E-state index contributed by atoms with van der Waals surface area (Å²) in [5.74, 6) is -1.04. The second-order valence-electron chi connectivity index (χ2n) is 7.34. The number of aromatic amines is 1. The van der Waals surface area contributed by atoms with Crippen LogP contribution in [0.2, 0.25) is 0 Å². The van der Waals surface area contributed by atoms with E-state index in [1.807, 2.05) is 6.07 Å². The van der Waals surface area contributed by atoms with Gasteiger partial charge < -0.3 is 10.3 Å². The Balaban J connectivity index is 1.56. The molecule has 0 atom stereocenters. The molecule has 0 aliphatic rings. The van der Waals surface area contributed by atoms with Crippen LogP contribution in [0.25, 0.3) is 22.3 Å². The Kier molecular flexibility index (Phi) is 5.29. The highest BCUT2D eigenvalue weighted by molar-refractivity contribution is 6.05. The van der Waals surface area contributed by atoms with Crippen LogP contribution in [-0.4, -0.2) is 40.6 Å². The zero-order chi connectivity index (χ0) is 25.4. The third kappa shape index (κ3) is 3.84. The van der Waals surface area contributed by atoms with E-state index in [1.54, 1.807) is 0 Å². The summed E-state index contributed by atoms with van der Waals surface area (Å²) in [5.41, 5.74) is -2.65. The summed E-state index contributed by atoms with van der Waals surface area (Å²) in [4.78, 5) is 32.6. The molecule has 0 bridgehead atoms. The summed E-state index contributed by atoms with van der Waals surface area (Å²) in [6, 6.07) is 8.80. The maximum Gasteiger partial charge on any atom is 0.434 e. The Morgan fingerprint density at radius 3 is 2.58 bits per heavy atom. The van der Waals surface area contributed by atoms with Crippen molar-refractivity contribution >= 4 is 22.4 Å². The molecular weight excluding hydrogens is 479 g/mol. The summed E-state index contributed by atoms with van der Waals surface area (Å²) in [5, 5.41) is 23.7. The largest absolute Gasteiger partial charge is 0.434 e. The molecule has 2 N–H and O–H groups in total. The van der Waals surface area contributed by atoms with Crippen LogP contribution in [0.3, 0.4) is 0 Å². The number of pyridine rings is 2. The molecule has 0 unspecified atom stereocenters. The van der Waals surface area contributed by atoms with Gasteiger partial charge in [-0.25, -0.2) is 9.67 Å². The molecule has 0 aliphatic carbocycles. The van der Waals surface area contributed by atoms with Gasteiger partial charge in [-0.05, 0) is 24.3 Å². The molecule has 36 heavy (non-hydrogen) atoms. The first-order valence-corrected chi connectivity index (χ1v) is 10.1. The molecule has 0 spiro atoms. The van der Waals surface area contributed by atoms with Crippen LogP contribution in [0, 0.1) is 11.3 Å². The van der Waals surface area contributed by atoms with Crippen molar-refractivity contribution < 1.29 is 18.0 Å². The monoisotopic (exact) mass is 491 g/mol. The van der Waals surface area contributed by atoms with Crippen molar-refractivity contribution in [3.63, 3.8) is 0 Å². The van der Waals surface area contributed by atoms with Crippen LogP contribution in [0.5, 0.6) is 0 Å². The van der Waals surface area contributed by atoms with Crippen molar-refractivity contribution in [2.24, 2.45) is 0 Å². The minimum absolute atomic E-state index is 0.0169. The molecule has 14 heteroatoms. The van der Waals surface area contributed by atoms with Crippen LogP contribution in [0.15, 0.2) is 66.1 Å². The van der Waals surface area contributed by atoms with Gasteiger partial charge in [-0.15, -0.1) is 4.80 Å². The summed E-state index contributed by atoms with van der Waals surface area (Å²) >= 11 is 0. The number of H-pyrrole nitrogens is 1. The highest BCUT2D eigenvalue weighted by Crippen LogP contribution is 2.35. The number of halogens is 3. The number of nitrogens with zero attached hydrogens (tertiary/aromatic N) is 7. The van der Waals surface area contributed by atoms with Gasteiger partial charge in [-0.3, -0.25) is 9.59 Å². The molecule has 0 saturated heterocycles. The number of amides is 1. The van der Waals surface area contributed by atoms with E-state index >= 15 is 0 Å². The van der Waals surface area contributed by atoms with Crippen LogP contribution in [0.1, 0.15) is 21.6 Å². The number of rotatable bonds is 4. The predicted molar refractivity (Wildman–Crippen MR) is 119 cm³/mol. The highest BCUT2D eigenvalue weighted by Gasteiger charge is 2.41. The van der Waals surface area contributed by atoms with E-state index in [1.165, 1.54) is 48.9 Å². The van der Waals surface area contributed by atoms with Gasteiger partial charge in [-0.2, -0.15) is 33.7 Å². The van der Waals surface area contributed by atoms with Gasteiger partial charge in [0.15, 0.2) is 11.5 Å². The van der Waals surface area contributed by atoms with Gasteiger partial charge in [0, 0.05) is 17.0 Å². The number of aromatic nitrogens is 7. The molecule has 4 heterocycles. The first-order valence-electron chi connectivity index (χ1n) is 10.1. The Labute approximate surface area is 198 Å². The number of anilines is 1. The smallest absolute Gasteiger partial charge is 0.329 e. The molecule has 5 aromatic rings. The number of fused-ring (bicyclic) bond motifs is 1. The van der Waals surface area contributed by atoms with Gasteiger partial charge in [0.05, 0.1) is 41.7 Å². The number of benzene rings is 1. The Hall–Kier alpha value is -5.32. The zero-order valence-electron chi connectivity index (χ0n) is 17.9. The molecule has 0 fully saturated rings. The number of nitriles is 1. The summed E-state index contributed by atoms with van der Waals surface area (Å²) in [6.07, 6.45) is 1.03. The van der Waals surface area contributed by atoms with E-state index in [0.29, 0.717) is 4.68 Å². The lowest BCUT2D eigenvalue weighted by molar-refractivity contribution is -0.143. The molecule has 0 aliphatic heterocycles. The van der Waals surface area contributed by atoms with E-state index in [2.05, 4.69) is 30.6 Å². The molecule has 178 valence electrons. The predicted octanol–water partition coefficient (Wildman–Crippen LogP) is 2.83. The van der Waals surface area contributed by atoms with Crippen molar-refractivity contribution in [1.29, 1.82) is 5.26 Å². The summed E-state index contributed by atoms with van der Waals surface area (Å²) in [6.45, 7) is 0. The van der Waals surface area contributed by atoms with Crippen molar-refractivity contribution in [1.82, 2.24) is 34.7 Å². The number of carbonyl (C=O) groups excluding carboxylic acids is 1. The molecule has 11 nitrogen and oxygen atoms in total. The van der Waals surface area contributed by atoms with Gasteiger partial charge in [0.2, 0.25) is 0 Å². The van der Waals surface area contributed by atoms with Crippen molar-refractivity contribution in [2.75, 3.05) is 5.32 Å². The number of alkyl halides is 3. The van der Waals surface area contributed by atoms with Crippen LogP contribution < -0.4 is 10.9 Å². The lowest BCUT2D eigenvalue weighted by Gasteiger charge is -2.14. The number of nitrogens with one attached hydrogen (secondary N) is 2. The molecule has 1 amide bonds. The molecule has 5 rings (SSSR count). The third-order valence-electron chi connectivity index (χ3n) is 5.16. The topological polar surface area (TPSA) is 147 Å². The van der Waals surface area contributed by atoms with Gasteiger partial charge in [0.1, 0.15) is 11.6 Å². The summed E-state index contributed by atoms with van der Waals surface area (Å²) < 4.78 is 43.0. The van der Waals surface area contributed by atoms with Gasteiger partial charge in [-0.1, -0.05) is 6.07 Å². The van der Waals surface area contributed by atoms with Gasteiger partial charge >= 0.3 is 6.18 Å². The molecule has 4 aromatic heterocycles. The Morgan fingerprint density at radius 2 is 1.86 bits per heavy atom. The molecule has 0 radical (unpaired) electrons. The van der Waals surface area contributed by atoms with Crippen molar-refractivity contribution in [3.8, 4) is 17.6 Å². The molecule has 0 saturated carbocycles. The van der Waals surface area contributed by atoms with Crippen LogP contribution in [-0.2, 0) is 6.18 Å². The number of carbonyl (C=O) groups is 1. The second kappa shape index (κ2) is 8.47. The standard InChI is InChI=1S/C22H12F3N9O2/c23-22(24,25)18-16(11-31-33(18)17-3-1-2-15-14(17)4-5-27-20(15)35)21(36)32-13-8-12(9-26)19(28-10-13)34-29-6-7-30-34/h1-8,10-11H,(H,27,35)(H,32,36). The van der Waals surface area contributed by atoms with E-state index in [4.69, 9.17) is 0 Å². The summed E-state index contributed by atoms with van der Waals surface area (Å²) in [7, 11) is 0. The first-order chi connectivity index (χ1) is 17.3. The minimum atomic E-state index is -4.97. The van der Waals surface area contributed by atoms with Crippen molar-refractivity contribution in [3.05, 3.63) is 88.5 Å². The fourth-order valence-electron chi connectivity index (χ4n) is 3.65. The Bertz CT molecular complexity index is 1710. The fraction of sp³-hybridized carbons (Fsp3) is 0.0455. The van der Waals surface area contributed by atoms with E-state index in [9.17, 15) is 28.0 Å². The lowest BCUT2D eigenvalue weighted by atomic mass is 10.1. The lowest BCUT2D eigenvalue weighted by Crippen LogP contribution is -2.21. The van der Waals surface area contributed by atoms with E-state index in [0.717, 1.165) is 17.2 Å². The number of hydrogen-bond acceptors (Lipinski definition) is 7. The SMILES string of the molecule is N#Cc1cc(NC(=O)c2cnn(-c3cccc4c(=O)[nH]ccc34)c2C(F)(F)F)cnc1-n1nccn1. The minimum Gasteiger partial charge on any atom is -0.329 e. The van der Waals surface area contributed by atoms with Crippen molar-refractivity contribution in [2.45, 2.75) is 6.18 Å². The average Bonchev–Trinajstić information content (AvgIpc) is 3.54. The Morgan fingerprint density at radius 1 is 1.08 bits per heavy atom. The fourth-order valence-corrected chi connectivity index (χ4v) is 3.65. The second-order valence-corrected chi connectivity index (χ2v) is 7.34. The zero-order valence-corrected chi connectivity index (χ0v) is 17.9. The van der Waals surface area contributed by atoms with Crippen LogP contribution >= 0.6 is 0 Å². The van der Waals surface area contributed by atoms with Crippen LogP contribution in [0.4, 0.5) is 18.9 Å². The normalized spacial score (nSPS) is 11.4. The van der Waals surface area contributed by atoms with E-state index in [-0.39, 0.29) is 33.5 Å². The maximum atomic E-state index is 14.2. The maximum absolute atomic E-state index is 14.2. The average molecular weight is 491 g/mol. The quantitative estimate of drug-likeness (QED) is 0.393.